The summed E-state index contributed by atoms with van der Waals surface area (Å²) in [5, 5.41) is 0. The summed E-state index contributed by atoms with van der Waals surface area (Å²) in [4.78, 5) is 0. The molecule has 0 aliphatic rings. The summed E-state index contributed by atoms with van der Waals surface area (Å²) in [6, 6.07) is 7.93. The largest absolute Gasteiger partial charge is 2.00 e. The minimum absolute atomic E-state index is 0. The van der Waals surface area contributed by atoms with E-state index in [1.807, 2.05) is 30.3 Å². The minimum atomic E-state index is 0. The van der Waals surface area contributed by atoms with Crippen molar-refractivity contribution in [3.63, 3.8) is 0 Å². The predicted octanol–water partition coefficient (Wildman–Crippen LogP) is 2.96. The second-order valence-electron chi connectivity index (χ2n) is 1.95. The van der Waals surface area contributed by atoms with Gasteiger partial charge < -0.3 is 7.43 Å². The van der Waals surface area contributed by atoms with Gasteiger partial charge in [-0.15, -0.1) is 12.1 Å². The zero-order valence-electron chi connectivity index (χ0n) is 7.01. The molecule has 0 saturated carbocycles. The van der Waals surface area contributed by atoms with Crippen molar-refractivity contribution < 1.29 is 19.5 Å². The van der Waals surface area contributed by atoms with E-state index >= 15 is 0 Å². The van der Waals surface area contributed by atoms with Gasteiger partial charge in [-0.3, -0.25) is 0 Å². The van der Waals surface area contributed by atoms with Crippen LogP contribution in [0.3, 0.4) is 0 Å². The molecule has 1 heteroatoms. The summed E-state index contributed by atoms with van der Waals surface area (Å²) in [7, 11) is 0. The van der Waals surface area contributed by atoms with Gasteiger partial charge in [0.2, 0.25) is 0 Å². The van der Waals surface area contributed by atoms with Gasteiger partial charge in [-0.25, -0.2) is 0 Å². The normalized spacial score (nSPS) is 7.27. The van der Waals surface area contributed by atoms with Crippen molar-refractivity contribution in [1.29, 1.82) is 0 Å². The second-order valence-corrected chi connectivity index (χ2v) is 1.95. The predicted molar refractivity (Wildman–Crippen MR) is 47.4 cm³/mol. The van der Waals surface area contributed by atoms with Gasteiger partial charge in [-0.1, -0.05) is 18.2 Å². The van der Waals surface area contributed by atoms with Gasteiger partial charge in [-0.05, 0) is 0 Å². The molecule has 0 nitrogen and oxygen atoms in total. The van der Waals surface area contributed by atoms with Gasteiger partial charge in [0.25, 0.3) is 0 Å². The van der Waals surface area contributed by atoms with E-state index in [0.29, 0.717) is 0 Å². The summed E-state index contributed by atoms with van der Waals surface area (Å²) >= 11 is 0. The number of hydrogen-bond donors (Lipinski definition) is 0. The van der Waals surface area contributed by atoms with E-state index in [2.05, 4.69) is 13.5 Å². The number of benzene rings is 1. The zero-order valence-corrected chi connectivity index (χ0v) is 9.98. The van der Waals surface area contributed by atoms with Crippen LogP contribution in [0.1, 0.15) is 11.1 Å². The Bertz CT molecular complexity index is 199. The Morgan fingerprint density at radius 1 is 1.18 bits per heavy atom. The second kappa shape index (κ2) is 6.18. The Balaban J connectivity index is 0. The quantitative estimate of drug-likeness (QED) is 0.480. The molecule has 0 bridgehead atoms. The fourth-order valence-corrected chi connectivity index (χ4v) is 0.654. The van der Waals surface area contributed by atoms with Gasteiger partial charge in [0.05, 0.1) is 0 Å². The molecule has 0 saturated heterocycles. The van der Waals surface area contributed by atoms with E-state index in [9.17, 15) is 0 Å². The van der Waals surface area contributed by atoms with Crippen molar-refractivity contribution in [3.8, 4) is 0 Å². The fraction of sp³-hybridized carbons (Fsp3) is 0. The van der Waals surface area contributed by atoms with Crippen LogP contribution in [0.15, 0.2) is 30.8 Å². The molecule has 0 aliphatic heterocycles. The maximum absolute atomic E-state index is 3.76. The molecule has 0 spiro atoms. The van der Waals surface area contributed by atoms with E-state index in [-0.39, 0.29) is 26.9 Å². The minimum Gasteiger partial charge on any atom is -0.358 e. The maximum Gasteiger partial charge on any atom is 2.00 e. The molecule has 54 valence electrons. The van der Waals surface area contributed by atoms with Crippen LogP contribution in [0.25, 0.3) is 6.08 Å². The molecule has 1 aromatic carbocycles. The third kappa shape index (κ3) is 4.00. The summed E-state index contributed by atoms with van der Waals surface area (Å²) in [5.41, 5.74) is 2.18. The first kappa shape index (κ1) is 13.1. The zero-order chi connectivity index (χ0) is 6.69. The van der Waals surface area contributed by atoms with Crippen LogP contribution in [-0.2, 0) is 19.5 Å². The third-order valence-electron chi connectivity index (χ3n) is 1.22. The van der Waals surface area contributed by atoms with Crippen molar-refractivity contribution in [2.75, 3.05) is 0 Å². The van der Waals surface area contributed by atoms with E-state index in [4.69, 9.17) is 0 Å². The average Bonchev–Trinajstić information content (AvgIpc) is 1.90. The molecule has 0 unspecified atom stereocenters. The van der Waals surface area contributed by atoms with Crippen LogP contribution < -0.4 is 0 Å². The monoisotopic (exact) mass is 196 g/mol. The van der Waals surface area contributed by atoms with Gasteiger partial charge in [0.15, 0.2) is 0 Å². The van der Waals surface area contributed by atoms with Crippen molar-refractivity contribution in [2.45, 2.75) is 0 Å². The Labute approximate surface area is 82.1 Å². The van der Waals surface area contributed by atoms with E-state index in [0.717, 1.165) is 11.1 Å². The molecular formula is C10H12Zn. The molecule has 0 heterocycles. The van der Waals surface area contributed by atoms with Gasteiger partial charge >= 0.3 is 19.5 Å². The van der Waals surface area contributed by atoms with Crippen molar-refractivity contribution in [3.05, 3.63) is 56.3 Å². The standard InChI is InChI=1S/C9H9.CH3.Zn/c1-3-9-6-4-8(2)5-7-9;;/h3-7H,1-2H2;1H3;/q2*-1;+2. The maximum atomic E-state index is 3.76. The molecule has 0 atom stereocenters. The molecule has 0 amide bonds. The van der Waals surface area contributed by atoms with E-state index in [1.165, 1.54) is 0 Å². The molecule has 0 radical (unpaired) electrons. The smallest absolute Gasteiger partial charge is 0.358 e. The van der Waals surface area contributed by atoms with Crippen LogP contribution in [0.4, 0.5) is 0 Å². The number of rotatable bonds is 1. The molecule has 0 aliphatic carbocycles. The summed E-state index contributed by atoms with van der Waals surface area (Å²) in [6.45, 7) is 7.40. The van der Waals surface area contributed by atoms with Crippen LogP contribution in [0.5, 0.6) is 0 Å². The van der Waals surface area contributed by atoms with Crippen molar-refractivity contribution in [2.24, 2.45) is 0 Å². The topological polar surface area (TPSA) is 0 Å². The van der Waals surface area contributed by atoms with Crippen LogP contribution in [0.2, 0.25) is 0 Å². The van der Waals surface area contributed by atoms with Crippen LogP contribution in [-0.4, -0.2) is 0 Å². The summed E-state index contributed by atoms with van der Waals surface area (Å²) in [6.07, 6.45) is 1.82. The average molecular weight is 198 g/mol. The summed E-state index contributed by atoms with van der Waals surface area (Å²) < 4.78 is 0. The first-order valence-electron chi connectivity index (χ1n) is 2.87. The Morgan fingerprint density at radius 3 is 2.00 bits per heavy atom. The number of hydrogen-bond acceptors (Lipinski definition) is 0. The molecule has 0 fully saturated rings. The van der Waals surface area contributed by atoms with Gasteiger partial charge in [-0.2, -0.15) is 24.6 Å². The Kier molecular flexibility index (Phi) is 7.35. The van der Waals surface area contributed by atoms with Gasteiger partial charge in [0, 0.05) is 0 Å². The van der Waals surface area contributed by atoms with Crippen molar-refractivity contribution >= 4 is 6.08 Å². The van der Waals surface area contributed by atoms with Crippen molar-refractivity contribution in [1.82, 2.24) is 0 Å². The molecule has 0 N–H and O–H groups in total. The third-order valence-corrected chi connectivity index (χ3v) is 1.22. The molecule has 1 rings (SSSR count). The molecule has 0 aromatic heterocycles. The molecule has 11 heavy (non-hydrogen) atoms. The van der Waals surface area contributed by atoms with Crippen LogP contribution >= 0.6 is 0 Å². The fourth-order valence-electron chi connectivity index (χ4n) is 0.654. The Morgan fingerprint density at radius 2 is 1.64 bits per heavy atom. The van der Waals surface area contributed by atoms with Gasteiger partial charge in [0.1, 0.15) is 0 Å². The van der Waals surface area contributed by atoms with E-state index < -0.39 is 0 Å². The SMILES string of the molecule is C=Cc1ccc([CH2-])cc1.[CH3-].[Zn+2]. The van der Waals surface area contributed by atoms with Crippen LogP contribution in [0, 0.1) is 14.4 Å². The first-order chi connectivity index (χ1) is 4.33. The van der Waals surface area contributed by atoms with E-state index in [1.54, 1.807) is 0 Å². The Hall–Kier alpha value is -0.547. The molecular weight excluding hydrogens is 185 g/mol. The molecule has 1 aromatic rings. The first-order valence-corrected chi connectivity index (χ1v) is 2.87. The summed E-state index contributed by atoms with van der Waals surface area (Å²) in [5.74, 6) is 0.